The van der Waals surface area contributed by atoms with E-state index in [-0.39, 0.29) is 18.4 Å². The third-order valence-electron chi connectivity index (χ3n) is 5.46. The summed E-state index contributed by atoms with van der Waals surface area (Å²) >= 11 is 0. The zero-order valence-corrected chi connectivity index (χ0v) is 17.9. The average molecular weight is 412 g/mol. The highest BCUT2D eigenvalue weighted by Gasteiger charge is 2.25. The molecule has 0 N–H and O–H groups in total. The first kappa shape index (κ1) is 21.5. The molecule has 7 nitrogen and oxygen atoms in total. The number of ether oxygens (including phenoxy) is 3. The predicted molar refractivity (Wildman–Crippen MR) is 113 cm³/mol. The SMILES string of the molecule is COc1ccc(C(=O)N2CCN(C(=O)COc3cccc(C)c3C)CC2)cc1OC. The van der Waals surface area contributed by atoms with Crippen LogP contribution in [0.15, 0.2) is 36.4 Å². The molecule has 1 heterocycles. The fourth-order valence-electron chi connectivity index (χ4n) is 3.42. The van der Waals surface area contributed by atoms with E-state index < -0.39 is 0 Å². The first-order valence-corrected chi connectivity index (χ1v) is 9.92. The van der Waals surface area contributed by atoms with E-state index in [1.807, 2.05) is 32.0 Å². The maximum absolute atomic E-state index is 12.8. The van der Waals surface area contributed by atoms with Crippen LogP contribution in [-0.4, -0.2) is 68.6 Å². The van der Waals surface area contributed by atoms with Crippen LogP contribution < -0.4 is 14.2 Å². The molecule has 1 saturated heterocycles. The molecule has 0 radical (unpaired) electrons. The molecular weight excluding hydrogens is 384 g/mol. The molecule has 0 saturated carbocycles. The predicted octanol–water partition coefficient (Wildman–Crippen LogP) is 2.68. The number of hydrogen-bond donors (Lipinski definition) is 0. The van der Waals surface area contributed by atoms with E-state index >= 15 is 0 Å². The van der Waals surface area contributed by atoms with Crippen molar-refractivity contribution in [2.45, 2.75) is 13.8 Å². The van der Waals surface area contributed by atoms with Gasteiger partial charge in [-0.3, -0.25) is 9.59 Å². The van der Waals surface area contributed by atoms with Gasteiger partial charge >= 0.3 is 0 Å². The summed E-state index contributed by atoms with van der Waals surface area (Å²) in [6.45, 7) is 5.90. The molecule has 2 aromatic carbocycles. The molecule has 30 heavy (non-hydrogen) atoms. The molecular formula is C23H28N2O5. The molecule has 2 amide bonds. The Morgan fingerprint density at radius 1 is 0.867 bits per heavy atom. The Morgan fingerprint density at radius 3 is 2.20 bits per heavy atom. The van der Waals surface area contributed by atoms with E-state index in [2.05, 4.69) is 0 Å². The summed E-state index contributed by atoms with van der Waals surface area (Å²) in [4.78, 5) is 28.8. The van der Waals surface area contributed by atoms with Gasteiger partial charge in [0.2, 0.25) is 0 Å². The fourth-order valence-corrected chi connectivity index (χ4v) is 3.42. The van der Waals surface area contributed by atoms with E-state index in [9.17, 15) is 9.59 Å². The number of benzene rings is 2. The van der Waals surface area contributed by atoms with Crippen LogP contribution in [0.25, 0.3) is 0 Å². The van der Waals surface area contributed by atoms with E-state index in [0.717, 1.165) is 16.9 Å². The lowest BCUT2D eigenvalue weighted by atomic mass is 10.1. The van der Waals surface area contributed by atoms with E-state index in [1.165, 1.54) is 7.11 Å². The van der Waals surface area contributed by atoms with Gasteiger partial charge in [-0.05, 0) is 49.2 Å². The molecule has 0 aliphatic carbocycles. The normalized spacial score (nSPS) is 13.7. The van der Waals surface area contributed by atoms with Crippen molar-refractivity contribution in [1.82, 2.24) is 9.80 Å². The molecule has 0 spiro atoms. The van der Waals surface area contributed by atoms with Gasteiger partial charge in [-0.25, -0.2) is 0 Å². The van der Waals surface area contributed by atoms with Crippen LogP contribution >= 0.6 is 0 Å². The van der Waals surface area contributed by atoms with Crippen LogP contribution in [-0.2, 0) is 4.79 Å². The van der Waals surface area contributed by atoms with Crippen LogP contribution in [0.4, 0.5) is 0 Å². The number of carbonyl (C=O) groups excluding carboxylic acids is 2. The van der Waals surface area contributed by atoms with Gasteiger partial charge in [-0.2, -0.15) is 0 Å². The molecule has 1 fully saturated rings. The Morgan fingerprint density at radius 2 is 1.53 bits per heavy atom. The number of carbonyl (C=O) groups is 2. The van der Waals surface area contributed by atoms with Crippen molar-refractivity contribution >= 4 is 11.8 Å². The van der Waals surface area contributed by atoms with E-state index in [0.29, 0.717) is 43.2 Å². The molecule has 3 rings (SSSR count). The molecule has 1 aliphatic heterocycles. The third kappa shape index (κ3) is 4.67. The second-order valence-corrected chi connectivity index (χ2v) is 7.23. The highest BCUT2D eigenvalue weighted by molar-refractivity contribution is 5.95. The van der Waals surface area contributed by atoms with Gasteiger partial charge in [-0.15, -0.1) is 0 Å². The summed E-state index contributed by atoms with van der Waals surface area (Å²) in [5.41, 5.74) is 2.70. The van der Waals surface area contributed by atoms with Crippen molar-refractivity contribution in [3.05, 3.63) is 53.1 Å². The van der Waals surface area contributed by atoms with Crippen molar-refractivity contribution in [2.75, 3.05) is 47.0 Å². The Bertz CT molecular complexity index is 920. The largest absolute Gasteiger partial charge is 0.493 e. The Hall–Kier alpha value is -3.22. The number of rotatable bonds is 6. The summed E-state index contributed by atoms with van der Waals surface area (Å²) < 4.78 is 16.2. The van der Waals surface area contributed by atoms with Crippen LogP contribution in [0.2, 0.25) is 0 Å². The number of methoxy groups -OCH3 is 2. The Labute approximate surface area is 177 Å². The minimum atomic E-state index is -0.0883. The maximum atomic E-state index is 12.8. The molecule has 2 aromatic rings. The van der Waals surface area contributed by atoms with E-state index in [1.54, 1.807) is 35.1 Å². The smallest absolute Gasteiger partial charge is 0.260 e. The zero-order chi connectivity index (χ0) is 21.7. The lowest BCUT2D eigenvalue weighted by molar-refractivity contribution is -0.134. The van der Waals surface area contributed by atoms with Gasteiger partial charge in [0, 0.05) is 31.7 Å². The highest BCUT2D eigenvalue weighted by Crippen LogP contribution is 2.28. The number of nitrogens with zero attached hydrogens (tertiary/aromatic N) is 2. The summed E-state index contributed by atoms with van der Waals surface area (Å²) in [6.07, 6.45) is 0. The van der Waals surface area contributed by atoms with Gasteiger partial charge in [-0.1, -0.05) is 12.1 Å². The van der Waals surface area contributed by atoms with Crippen molar-refractivity contribution in [2.24, 2.45) is 0 Å². The number of hydrogen-bond acceptors (Lipinski definition) is 5. The van der Waals surface area contributed by atoms with Crippen molar-refractivity contribution in [3.8, 4) is 17.2 Å². The van der Waals surface area contributed by atoms with Crippen molar-refractivity contribution < 1.29 is 23.8 Å². The van der Waals surface area contributed by atoms with Gasteiger partial charge in [0.15, 0.2) is 18.1 Å². The van der Waals surface area contributed by atoms with Gasteiger partial charge in [0.1, 0.15) is 5.75 Å². The molecule has 7 heteroatoms. The van der Waals surface area contributed by atoms with Crippen LogP contribution in [0.1, 0.15) is 21.5 Å². The van der Waals surface area contributed by atoms with Gasteiger partial charge in [0.25, 0.3) is 11.8 Å². The fraction of sp³-hybridized carbons (Fsp3) is 0.391. The summed E-state index contributed by atoms with van der Waals surface area (Å²) in [5.74, 6) is 1.66. The second kappa shape index (κ2) is 9.52. The monoisotopic (exact) mass is 412 g/mol. The average Bonchev–Trinajstić information content (AvgIpc) is 2.79. The van der Waals surface area contributed by atoms with Crippen molar-refractivity contribution in [1.29, 1.82) is 0 Å². The summed E-state index contributed by atoms with van der Waals surface area (Å²) in [6, 6.07) is 10.9. The Balaban J connectivity index is 1.54. The highest BCUT2D eigenvalue weighted by atomic mass is 16.5. The topological polar surface area (TPSA) is 68.3 Å². The standard InChI is InChI=1S/C23H28N2O5/c1-16-6-5-7-19(17(16)2)30-15-22(26)24-10-12-25(13-11-24)23(27)18-8-9-20(28-3)21(14-18)29-4/h5-9,14H,10-13,15H2,1-4H3. The lowest BCUT2D eigenvalue weighted by Crippen LogP contribution is -2.51. The molecule has 0 atom stereocenters. The summed E-state index contributed by atoms with van der Waals surface area (Å²) in [5, 5.41) is 0. The minimum absolute atomic E-state index is 0.00603. The first-order chi connectivity index (χ1) is 14.4. The molecule has 1 aliphatic rings. The van der Waals surface area contributed by atoms with Gasteiger partial charge in [0.05, 0.1) is 14.2 Å². The third-order valence-corrected chi connectivity index (χ3v) is 5.46. The van der Waals surface area contributed by atoms with Gasteiger partial charge < -0.3 is 24.0 Å². The Kier molecular flexibility index (Phi) is 6.82. The summed E-state index contributed by atoms with van der Waals surface area (Å²) in [7, 11) is 3.09. The maximum Gasteiger partial charge on any atom is 0.260 e. The van der Waals surface area contributed by atoms with E-state index in [4.69, 9.17) is 14.2 Å². The molecule has 0 bridgehead atoms. The lowest BCUT2D eigenvalue weighted by Gasteiger charge is -2.34. The number of amides is 2. The molecule has 0 aromatic heterocycles. The number of piperazine rings is 1. The minimum Gasteiger partial charge on any atom is -0.493 e. The quantitative estimate of drug-likeness (QED) is 0.730. The zero-order valence-electron chi connectivity index (χ0n) is 17.9. The van der Waals surface area contributed by atoms with Crippen LogP contribution in [0.3, 0.4) is 0 Å². The van der Waals surface area contributed by atoms with Crippen LogP contribution in [0, 0.1) is 13.8 Å². The first-order valence-electron chi connectivity index (χ1n) is 9.92. The second-order valence-electron chi connectivity index (χ2n) is 7.23. The molecule has 160 valence electrons. The molecule has 0 unspecified atom stereocenters. The van der Waals surface area contributed by atoms with Crippen LogP contribution in [0.5, 0.6) is 17.2 Å². The number of aryl methyl sites for hydroxylation is 1. The van der Waals surface area contributed by atoms with Crippen molar-refractivity contribution in [3.63, 3.8) is 0 Å².